The molecule has 3 rings (SSSR count). The molecule has 1 heterocycles. The fraction of sp³-hybridized carbons (Fsp3) is 0.158. The van der Waals surface area contributed by atoms with Crippen LogP contribution in [0.3, 0.4) is 0 Å². The number of hydrogen-bond donors (Lipinski definition) is 0. The summed E-state index contributed by atoms with van der Waals surface area (Å²) in [6.45, 7) is 4.49. The third-order valence-corrected chi connectivity index (χ3v) is 4.02. The maximum Gasteiger partial charge on any atom is 0.228 e. The van der Waals surface area contributed by atoms with Gasteiger partial charge in [0, 0.05) is 24.1 Å². The fourth-order valence-electron chi connectivity index (χ4n) is 2.63. The summed E-state index contributed by atoms with van der Waals surface area (Å²) in [7, 11) is 0. The van der Waals surface area contributed by atoms with Gasteiger partial charge in [0.05, 0.1) is 0 Å². The van der Waals surface area contributed by atoms with Crippen LogP contribution in [-0.4, -0.2) is 5.78 Å². The molecule has 3 aromatic rings. The quantitative estimate of drug-likeness (QED) is 0.528. The molecule has 0 atom stereocenters. The Bertz CT molecular complexity index is 815. The van der Waals surface area contributed by atoms with Crippen LogP contribution in [0.25, 0.3) is 10.8 Å². The smallest absolute Gasteiger partial charge is 0.228 e. The Morgan fingerprint density at radius 3 is 2.57 bits per heavy atom. The second-order valence-electron chi connectivity index (χ2n) is 5.35. The summed E-state index contributed by atoms with van der Waals surface area (Å²) in [6.07, 6.45) is 1.96. The molecule has 0 unspecified atom stereocenters. The fourth-order valence-corrected chi connectivity index (χ4v) is 2.63. The molecule has 0 radical (unpaired) electrons. The van der Waals surface area contributed by atoms with Gasteiger partial charge in [0.15, 0.2) is 11.9 Å². The van der Waals surface area contributed by atoms with Crippen molar-refractivity contribution in [3.8, 4) is 0 Å². The minimum atomic E-state index is 0.144. The van der Waals surface area contributed by atoms with Crippen LogP contribution in [-0.2, 0) is 6.54 Å². The monoisotopic (exact) mass is 276 g/mol. The van der Waals surface area contributed by atoms with Crippen molar-refractivity contribution >= 4 is 16.6 Å². The maximum absolute atomic E-state index is 12.7. The van der Waals surface area contributed by atoms with Crippen molar-refractivity contribution in [2.24, 2.45) is 0 Å². The molecule has 2 heteroatoms. The number of aromatic nitrogens is 1. The zero-order chi connectivity index (χ0) is 14.8. The lowest BCUT2D eigenvalue weighted by molar-refractivity contribution is -0.689. The van der Waals surface area contributed by atoms with E-state index in [9.17, 15) is 4.79 Å². The molecule has 0 N–H and O–H groups in total. The van der Waals surface area contributed by atoms with Crippen LogP contribution in [0, 0.1) is 13.8 Å². The van der Waals surface area contributed by atoms with E-state index in [1.54, 1.807) is 0 Å². The minimum absolute atomic E-state index is 0.144. The van der Waals surface area contributed by atoms with Gasteiger partial charge in [0.25, 0.3) is 0 Å². The maximum atomic E-state index is 12.7. The molecule has 0 spiro atoms. The van der Waals surface area contributed by atoms with Crippen molar-refractivity contribution in [3.05, 3.63) is 77.6 Å². The Kier molecular flexibility index (Phi) is 3.53. The number of carbonyl (C=O) groups excluding carboxylic acids is 1. The van der Waals surface area contributed by atoms with Gasteiger partial charge in [-0.1, -0.05) is 42.5 Å². The Morgan fingerprint density at radius 1 is 0.952 bits per heavy atom. The van der Waals surface area contributed by atoms with Gasteiger partial charge in [-0.2, -0.15) is 4.57 Å². The molecular weight excluding hydrogens is 258 g/mol. The summed E-state index contributed by atoms with van der Waals surface area (Å²) in [5.41, 5.74) is 3.12. The lowest BCUT2D eigenvalue weighted by atomic mass is 10.0. The summed E-state index contributed by atoms with van der Waals surface area (Å²) in [6, 6.07) is 18.0. The van der Waals surface area contributed by atoms with Crippen molar-refractivity contribution in [2.75, 3.05) is 0 Å². The summed E-state index contributed by atoms with van der Waals surface area (Å²) < 4.78 is 2.01. The van der Waals surface area contributed by atoms with Gasteiger partial charge in [0.2, 0.25) is 12.3 Å². The molecule has 0 saturated carbocycles. The highest BCUT2D eigenvalue weighted by atomic mass is 16.1. The second-order valence-corrected chi connectivity index (χ2v) is 5.35. The molecular formula is C19H18NO+. The normalized spacial score (nSPS) is 10.8. The molecule has 2 aromatic carbocycles. The first-order valence-corrected chi connectivity index (χ1v) is 7.13. The first-order valence-electron chi connectivity index (χ1n) is 7.13. The van der Waals surface area contributed by atoms with Gasteiger partial charge in [-0.15, -0.1) is 0 Å². The van der Waals surface area contributed by atoms with Gasteiger partial charge < -0.3 is 0 Å². The van der Waals surface area contributed by atoms with Crippen LogP contribution in [0.4, 0.5) is 0 Å². The first kappa shape index (κ1) is 13.5. The number of Topliss-reactive ketones (excluding diaryl/α,β-unsaturated/α-hetero) is 1. The number of nitrogens with zero attached hydrogens (tertiary/aromatic N) is 1. The number of hydrogen-bond acceptors (Lipinski definition) is 1. The van der Waals surface area contributed by atoms with Crippen LogP contribution < -0.4 is 4.57 Å². The van der Waals surface area contributed by atoms with Crippen molar-refractivity contribution in [2.45, 2.75) is 20.4 Å². The number of rotatable bonds is 3. The lowest BCUT2D eigenvalue weighted by Crippen LogP contribution is -2.41. The van der Waals surface area contributed by atoms with E-state index in [1.165, 1.54) is 5.56 Å². The largest absolute Gasteiger partial charge is 0.287 e. The Hall–Kier alpha value is -2.48. The summed E-state index contributed by atoms with van der Waals surface area (Å²) in [5.74, 6) is 0.144. The molecule has 0 bridgehead atoms. The second kappa shape index (κ2) is 5.49. The standard InChI is InChI=1S/C19H18NO/c1-14-7-6-12-20(15(14)2)13-19(21)18-11-5-9-16-8-3-4-10-17(16)18/h3-12H,13H2,1-2H3/q+1. The third kappa shape index (κ3) is 2.57. The molecule has 1 aromatic heterocycles. The molecule has 0 aliphatic rings. The highest BCUT2D eigenvalue weighted by molar-refractivity contribution is 6.07. The molecule has 0 amide bonds. The summed E-state index contributed by atoms with van der Waals surface area (Å²) in [5, 5.41) is 2.13. The van der Waals surface area contributed by atoms with Crippen molar-refractivity contribution in [1.29, 1.82) is 0 Å². The number of aryl methyl sites for hydroxylation is 1. The van der Waals surface area contributed by atoms with Crippen LogP contribution in [0.15, 0.2) is 60.8 Å². The topological polar surface area (TPSA) is 20.9 Å². The van der Waals surface area contributed by atoms with E-state index in [0.29, 0.717) is 6.54 Å². The van der Waals surface area contributed by atoms with E-state index in [1.807, 2.05) is 66.2 Å². The van der Waals surface area contributed by atoms with Gasteiger partial charge in [-0.25, -0.2) is 0 Å². The third-order valence-electron chi connectivity index (χ3n) is 4.02. The van der Waals surface area contributed by atoms with Crippen molar-refractivity contribution < 1.29 is 9.36 Å². The number of carbonyl (C=O) groups is 1. The number of benzene rings is 2. The SMILES string of the molecule is Cc1ccc[n+](CC(=O)c2cccc3ccccc23)c1C. The first-order chi connectivity index (χ1) is 10.2. The molecule has 0 aliphatic carbocycles. The molecule has 0 fully saturated rings. The van der Waals surface area contributed by atoms with Crippen LogP contribution >= 0.6 is 0 Å². The van der Waals surface area contributed by atoms with E-state index >= 15 is 0 Å². The number of pyridine rings is 1. The predicted octanol–water partition coefficient (Wildman–Crippen LogP) is 3.63. The van der Waals surface area contributed by atoms with Crippen molar-refractivity contribution in [1.82, 2.24) is 0 Å². The average Bonchev–Trinajstić information content (AvgIpc) is 2.51. The van der Waals surface area contributed by atoms with E-state index in [4.69, 9.17) is 0 Å². The zero-order valence-corrected chi connectivity index (χ0v) is 12.3. The Balaban J connectivity index is 2.00. The van der Waals surface area contributed by atoms with Gasteiger partial charge in [0.1, 0.15) is 0 Å². The molecule has 0 saturated heterocycles. The number of fused-ring (bicyclic) bond motifs is 1. The van der Waals surface area contributed by atoms with E-state index in [-0.39, 0.29) is 5.78 Å². The average molecular weight is 276 g/mol. The van der Waals surface area contributed by atoms with Gasteiger partial charge in [-0.05, 0) is 23.8 Å². The minimum Gasteiger partial charge on any atom is -0.287 e. The van der Waals surface area contributed by atoms with Crippen molar-refractivity contribution in [3.63, 3.8) is 0 Å². The molecule has 2 nitrogen and oxygen atoms in total. The van der Waals surface area contributed by atoms with Gasteiger partial charge in [-0.3, -0.25) is 4.79 Å². The molecule has 0 aliphatic heterocycles. The van der Waals surface area contributed by atoms with E-state index in [0.717, 1.165) is 22.0 Å². The van der Waals surface area contributed by atoms with Crippen LogP contribution in [0.2, 0.25) is 0 Å². The number of ketones is 1. The predicted molar refractivity (Wildman–Crippen MR) is 84.4 cm³/mol. The zero-order valence-electron chi connectivity index (χ0n) is 12.3. The highest BCUT2D eigenvalue weighted by Gasteiger charge is 2.17. The lowest BCUT2D eigenvalue weighted by Gasteiger charge is -2.05. The summed E-state index contributed by atoms with van der Waals surface area (Å²) >= 11 is 0. The van der Waals surface area contributed by atoms with Crippen LogP contribution in [0.5, 0.6) is 0 Å². The van der Waals surface area contributed by atoms with Crippen LogP contribution in [0.1, 0.15) is 21.6 Å². The molecule has 104 valence electrons. The summed E-state index contributed by atoms with van der Waals surface area (Å²) in [4.78, 5) is 12.7. The Labute approximate surface area is 124 Å². The molecule has 21 heavy (non-hydrogen) atoms. The van der Waals surface area contributed by atoms with E-state index < -0.39 is 0 Å². The highest BCUT2D eigenvalue weighted by Crippen LogP contribution is 2.19. The van der Waals surface area contributed by atoms with E-state index in [2.05, 4.69) is 13.0 Å². The van der Waals surface area contributed by atoms with Gasteiger partial charge >= 0.3 is 0 Å². The Morgan fingerprint density at radius 2 is 1.71 bits per heavy atom.